The molecule has 11 heavy (non-hydrogen) atoms. The van der Waals surface area contributed by atoms with E-state index in [0.29, 0.717) is 18.6 Å². The summed E-state index contributed by atoms with van der Waals surface area (Å²) in [5.41, 5.74) is 0. The number of fused-ring (bicyclic) bond motifs is 2. The maximum atomic E-state index is 9.10. The SMILES string of the molecule is CN1[C@@H]2CC[C@@H](CO)[C@H]1CC2. The Morgan fingerprint density at radius 2 is 2.00 bits per heavy atom. The largest absolute Gasteiger partial charge is 0.396 e. The van der Waals surface area contributed by atoms with Crippen molar-refractivity contribution in [1.29, 1.82) is 0 Å². The van der Waals surface area contributed by atoms with Gasteiger partial charge in [0.25, 0.3) is 0 Å². The molecule has 0 saturated carbocycles. The highest BCUT2D eigenvalue weighted by Crippen LogP contribution is 2.37. The summed E-state index contributed by atoms with van der Waals surface area (Å²) in [6, 6.07) is 1.53. The Hall–Kier alpha value is -0.0800. The van der Waals surface area contributed by atoms with Gasteiger partial charge in [-0.1, -0.05) is 0 Å². The lowest BCUT2D eigenvalue weighted by molar-refractivity contribution is 0.0775. The van der Waals surface area contributed by atoms with Crippen LogP contribution < -0.4 is 0 Å². The van der Waals surface area contributed by atoms with Gasteiger partial charge in [-0.3, -0.25) is 0 Å². The Labute approximate surface area is 68.2 Å². The van der Waals surface area contributed by atoms with Crippen molar-refractivity contribution in [2.45, 2.75) is 37.8 Å². The first-order valence-corrected chi connectivity index (χ1v) is 4.65. The minimum absolute atomic E-state index is 0.391. The van der Waals surface area contributed by atoms with Crippen LogP contribution in [0.4, 0.5) is 0 Å². The lowest BCUT2D eigenvalue weighted by Gasteiger charge is -2.36. The van der Waals surface area contributed by atoms with Gasteiger partial charge in [-0.05, 0) is 38.6 Å². The van der Waals surface area contributed by atoms with E-state index in [0.717, 1.165) is 6.04 Å². The number of piperidine rings is 1. The molecule has 2 aliphatic rings. The van der Waals surface area contributed by atoms with Crippen LogP contribution in [0.2, 0.25) is 0 Å². The zero-order valence-corrected chi connectivity index (χ0v) is 7.16. The maximum absolute atomic E-state index is 9.10. The molecule has 64 valence electrons. The standard InChI is InChI=1S/C9H17NO/c1-10-8-3-2-7(6-11)9(10)5-4-8/h7-9,11H,2-6H2,1H3/t7-,8+,9+/m0/s1. The molecule has 0 spiro atoms. The van der Waals surface area contributed by atoms with Gasteiger partial charge in [0.1, 0.15) is 0 Å². The van der Waals surface area contributed by atoms with Crippen molar-refractivity contribution in [3.63, 3.8) is 0 Å². The molecule has 0 amide bonds. The Morgan fingerprint density at radius 3 is 2.73 bits per heavy atom. The Kier molecular flexibility index (Phi) is 1.90. The summed E-state index contributed by atoms with van der Waals surface area (Å²) in [5, 5.41) is 9.10. The molecular formula is C9H17NO. The molecular weight excluding hydrogens is 138 g/mol. The van der Waals surface area contributed by atoms with Gasteiger partial charge in [-0.25, -0.2) is 0 Å². The molecule has 2 heterocycles. The van der Waals surface area contributed by atoms with E-state index in [1.54, 1.807) is 0 Å². The van der Waals surface area contributed by atoms with Crippen LogP contribution >= 0.6 is 0 Å². The third-order valence-electron chi connectivity index (χ3n) is 3.54. The molecule has 2 nitrogen and oxygen atoms in total. The van der Waals surface area contributed by atoms with Crippen LogP contribution in [0.3, 0.4) is 0 Å². The highest BCUT2D eigenvalue weighted by atomic mass is 16.3. The van der Waals surface area contributed by atoms with Gasteiger partial charge in [0.05, 0.1) is 0 Å². The van der Waals surface area contributed by atoms with Gasteiger partial charge in [0.2, 0.25) is 0 Å². The lowest BCUT2D eigenvalue weighted by Crippen LogP contribution is -2.43. The fraction of sp³-hybridized carbons (Fsp3) is 1.00. The second-order valence-corrected chi connectivity index (χ2v) is 3.98. The van der Waals surface area contributed by atoms with Crippen LogP contribution in [-0.2, 0) is 0 Å². The molecule has 2 aliphatic heterocycles. The van der Waals surface area contributed by atoms with E-state index in [1.165, 1.54) is 25.7 Å². The maximum Gasteiger partial charge on any atom is 0.0474 e. The lowest BCUT2D eigenvalue weighted by atomic mass is 9.91. The van der Waals surface area contributed by atoms with E-state index in [9.17, 15) is 0 Å². The summed E-state index contributed by atoms with van der Waals surface area (Å²) in [4.78, 5) is 2.48. The summed E-state index contributed by atoms with van der Waals surface area (Å²) in [7, 11) is 2.21. The fourth-order valence-electron chi connectivity index (χ4n) is 2.77. The van der Waals surface area contributed by atoms with Crippen LogP contribution in [0, 0.1) is 5.92 Å². The first-order valence-electron chi connectivity index (χ1n) is 4.65. The Balaban J connectivity index is 2.08. The quantitative estimate of drug-likeness (QED) is 0.607. The van der Waals surface area contributed by atoms with Crippen LogP contribution in [0.5, 0.6) is 0 Å². The summed E-state index contributed by atoms with van der Waals surface area (Å²) >= 11 is 0. The molecule has 0 radical (unpaired) electrons. The average molecular weight is 155 g/mol. The fourth-order valence-corrected chi connectivity index (χ4v) is 2.77. The molecule has 2 saturated heterocycles. The summed E-state index contributed by atoms with van der Waals surface area (Å²) < 4.78 is 0. The molecule has 2 bridgehead atoms. The van der Waals surface area contributed by atoms with Crippen molar-refractivity contribution in [1.82, 2.24) is 4.90 Å². The van der Waals surface area contributed by atoms with Crippen molar-refractivity contribution in [2.75, 3.05) is 13.7 Å². The summed E-state index contributed by atoms with van der Waals surface area (Å²) in [6.45, 7) is 0.391. The van der Waals surface area contributed by atoms with Crippen molar-refractivity contribution < 1.29 is 5.11 Å². The van der Waals surface area contributed by atoms with Gasteiger partial charge in [0, 0.05) is 18.7 Å². The van der Waals surface area contributed by atoms with Crippen molar-refractivity contribution >= 4 is 0 Å². The van der Waals surface area contributed by atoms with E-state index in [2.05, 4.69) is 11.9 Å². The molecule has 0 aromatic heterocycles. The van der Waals surface area contributed by atoms with Crippen LogP contribution in [0.1, 0.15) is 25.7 Å². The molecule has 0 aromatic rings. The number of nitrogens with zero attached hydrogens (tertiary/aromatic N) is 1. The van der Waals surface area contributed by atoms with Crippen LogP contribution in [-0.4, -0.2) is 35.7 Å². The molecule has 1 N–H and O–H groups in total. The minimum atomic E-state index is 0.391. The first kappa shape index (κ1) is 7.56. The molecule has 3 atom stereocenters. The van der Waals surface area contributed by atoms with E-state index in [1.807, 2.05) is 0 Å². The number of rotatable bonds is 1. The van der Waals surface area contributed by atoms with E-state index < -0.39 is 0 Å². The zero-order valence-electron chi connectivity index (χ0n) is 7.16. The molecule has 2 rings (SSSR count). The molecule has 0 aliphatic carbocycles. The molecule has 0 unspecified atom stereocenters. The van der Waals surface area contributed by atoms with Gasteiger partial charge in [-0.15, -0.1) is 0 Å². The predicted molar refractivity (Wildman–Crippen MR) is 44.4 cm³/mol. The van der Waals surface area contributed by atoms with Crippen molar-refractivity contribution in [3.8, 4) is 0 Å². The van der Waals surface area contributed by atoms with E-state index >= 15 is 0 Å². The van der Waals surface area contributed by atoms with Crippen LogP contribution in [0.15, 0.2) is 0 Å². The second kappa shape index (κ2) is 2.76. The smallest absolute Gasteiger partial charge is 0.0474 e. The number of hydrogen-bond acceptors (Lipinski definition) is 2. The van der Waals surface area contributed by atoms with Gasteiger partial charge >= 0.3 is 0 Å². The number of hydrogen-bond donors (Lipinski definition) is 1. The molecule has 2 heteroatoms. The Morgan fingerprint density at radius 1 is 1.27 bits per heavy atom. The summed E-state index contributed by atoms with van der Waals surface area (Å²) in [5.74, 6) is 0.568. The van der Waals surface area contributed by atoms with Gasteiger partial charge < -0.3 is 10.0 Å². The highest BCUT2D eigenvalue weighted by molar-refractivity contribution is 4.94. The third-order valence-corrected chi connectivity index (χ3v) is 3.54. The third kappa shape index (κ3) is 1.09. The van der Waals surface area contributed by atoms with Crippen molar-refractivity contribution in [2.24, 2.45) is 5.92 Å². The zero-order chi connectivity index (χ0) is 7.84. The first-order chi connectivity index (χ1) is 5.33. The van der Waals surface area contributed by atoms with E-state index in [-0.39, 0.29) is 0 Å². The van der Waals surface area contributed by atoms with Crippen LogP contribution in [0.25, 0.3) is 0 Å². The van der Waals surface area contributed by atoms with Gasteiger partial charge in [-0.2, -0.15) is 0 Å². The Bertz CT molecular complexity index is 148. The minimum Gasteiger partial charge on any atom is -0.396 e. The molecule has 2 fully saturated rings. The van der Waals surface area contributed by atoms with E-state index in [4.69, 9.17) is 5.11 Å². The number of aliphatic hydroxyl groups excluding tert-OH is 1. The number of aliphatic hydroxyl groups is 1. The molecule has 0 aromatic carbocycles. The predicted octanol–water partition coefficient (Wildman–Crippen LogP) is 0.851. The van der Waals surface area contributed by atoms with Gasteiger partial charge in [0.15, 0.2) is 0 Å². The monoisotopic (exact) mass is 155 g/mol. The topological polar surface area (TPSA) is 23.5 Å². The summed E-state index contributed by atoms with van der Waals surface area (Å²) in [6.07, 6.45) is 5.22. The van der Waals surface area contributed by atoms with Crippen molar-refractivity contribution in [3.05, 3.63) is 0 Å². The average Bonchev–Trinajstić information content (AvgIpc) is 2.31. The second-order valence-electron chi connectivity index (χ2n) is 3.98. The highest BCUT2D eigenvalue weighted by Gasteiger charge is 2.39. The normalized spacial score (nSPS) is 44.7.